The van der Waals surface area contributed by atoms with Crippen LogP contribution in [0.2, 0.25) is 0 Å². The lowest BCUT2D eigenvalue weighted by molar-refractivity contribution is -0.383. The van der Waals surface area contributed by atoms with Gasteiger partial charge in [-0.3, -0.25) is 14.4 Å². The van der Waals surface area contributed by atoms with Crippen molar-refractivity contribution in [1.29, 1.82) is 0 Å². The lowest BCUT2D eigenvalue weighted by atomic mass is 10.1. The van der Waals surface area contributed by atoms with Crippen LogP contribution >= 0.6 is 0 Å². The first-order valence-corrected chi connectivity index (χ1v) is 8.75. The highest BCUT2D eigenvalue weighted by Crippen LogP contribution is 2.29. The Bertz CT molecular complexity index is 894. The number of nitrogen functional groups attached to an aromatic ring is 1. The van der Waals surface area contributed by atoms with E-state index in [1.165, 1.54) is 25.2 Å². The second-order valence-corrected chi connectivity index (χ2v) is 7.38. The van der Waals surface area contributed by atoms with Crippen molar-refractivity contribution < 1.29 is 13.3 Å². The van der Waals surface area contributed by atoms with E-state index in [2.05, 4.69) is 0 Å². The minimum absolute atomic E-state index is 0.0855. The molecular formula is C16H19N3O4S. The Morgan fingerprint density at radius 3 is 2.42 bits per heavy atom. The van der Waals surface area contributed by atoms with Gasteiger partial charge in [-0.15, -0.1) is 0 Å². The number of benzene rings is 2. The molecule has 0 fully saturated rings. The van der Waals surface area contributed by atoms with Gasteiger partial charge in [0.2, 0.25) is 0 Å². The predicted molar refractivity (Wildman–Crippen MR) is 93.7 cm³/mol. The summed E-state index contributed by atoms with van der Waals surface area (Å²) >= 11 is 0. The Morgan fingerprint density at radius 1 is 1.21 bits per heavy atom. The molecule has 0 aliphatic rings. The standard InChI is InChI=1S/C16H19N3O4S/c1-4-12-9-14(7-5-11(12)2)24(22,23)18(3)13-6-8-16(19(20)21)15(17)10-13/h5-10H,4,17H2,1-3H3. The second kappa shape index (κ2) is 6.48. The zero-order valence-electron chi connectivity index (χ0n) is 13.7. The highest BCUT2D eigenvalue weighted by atomic mass is 32.2. The number of anilines is 2. The lowest BCUT2D eigenvalue weighted by Gasteiger charge is -2.20. The molecule has 0 aliphatic heterocycles. The molecule has 0 heterocycles. The van der Waals surface area contributed by atoms with Crippen molar-refractivity contribution in [3.8, 4) is 0 Å². The van der Waals surface area contributed by atoms with Gasteiger partial charge < -0.3 is 5.73 Å². The Labute approximate surface area is 140 Å². The largest absolute Gasteiger partial charge is 0.393 e. The summed E-state index contributed by atoms with van der Waals surface area (Å²) in [5.74, 6) is 0. The third-order valence-electron chi connectivity index (χ3n) is 3.93. The summed E-state index contributed by atoms with van der Waals surface area (Å²) < 4.78 is 26.7. The van der Waals surface area contributed by atoms with Crippen LogP contribution < -0.4 is 10.0 Å². The molecule has 2 aromatic rings. The molecule has 0 radical (unpaired) electrons. The van der Waals surface area contributed by atoms with Crippen molar-refractivity contribution in [2.24, 2.45) is 0 Å². The van der Waals surface area contributed by atoms with Crippen molar-refractivity contribution in [3.05, 3.63) is 57.6 Å². The van der Waals surface area contributed by atoms with E-state index in [0.29, 0.717) is 0 Å². The maximum absolute atomic E-state index is 12.8. The summed E-state index contributed by atoms with van der Waals surface area (Å²) in [5, 5.41) is 10.8. The van der Waals surface area contributed by atoms with E-state index in [0.717, 1.165) is 21.9 Å². The van der Waals surface area contributed by atoms with Crippen molar-refractivity contribution in [3.63, 3.8) is 0 Å². The van der Waals surface area contributed by atoms with Crippen LogP contribution in [0.5, 0.6) is 0 Å². The van der Waals surface area contributed by atoms with Crippen LogP contribution in [0.25, 0.3) is 0 Å². The van der Waals surface area contributed by atoms with E-state index in [4.69, 9.17) is 5.73 Å². The van der Waals surface area contributed by atoms with E-state index in [1.54, 1.807) is 18.2 Å². The fourth-order valence-electron chi connectivity index (χ4n) is 2.39. The van der Waals surface area contributed by atoms with Gasteiger partial charge in [-0.1, -0.05) is 13.0 Å². The van der Waals surface area contributed by atoms with Crippen molar-refractivity contribution in [2.75, 3.05) is 17.1 Å². The number of hydrogen-bond donors (Lipinski definition) is 1. The molecule has 8 heteroatoms. The maximum Gasteiger partial charge on any atom is 0.292 e. The molecule has 0 aliphatic carbocycles. The molecule has 2 N–H and O–H groups in total. The van der Waals surface area contributed by atoms with Gasteiger partial charge in [0.15, 0.2) is 0 Å². The fourth-order valence-corrected chi connectivity index (χ4v) is 3.63. The number of nitrogens with two attached hydrogens (primary N) is 1. The molecule has 0 saturated heterocycles. The second-order valence-electron chi connectivity index (χ2n) is 5.41. The molecule has 0 amide bonds. The number of hydrogen-bond acceptors (Lipinski definition) is 5. The zero-order chi connectivity index (χ0) is 18.1. The topological polar surface area (TPSA) is 107 Å². The summed E-state index contributed by atoms with van der Waals surface area (Å²) in [5.41, 5.74) is 7.54. The average molecular weight is 349 g/mol. The molecule has 0 saturated carbocycles. The van der Waals surface area contributed by atoms with E-state index in [-0.39, 0.29) is 22.0 Å². The van der Waals surface area contributed by atoms with Gasteiger partial charge in [0.25, 0.3) is 15.7 Å². The van der Waals surface area contributed by atoms with Gasteiger partial charge in [-0.25, -0.2) is 8.42 Å². The monoisotopic (exact) mass is 349 g/mol. The Kier molecular flexibility index (Phi) is 4.79. The summed E-state index contributed by atoms with van der Waals surface area (Å²) in [7, 11) is -2.39. The van der Waals surface area contributed by atoms with Crippen LogP contribution in [0.1, 0.15) is 18.1 Å². The first kappa shape index (κ1) is 17.7. The molecule has 0 spiro atoms. The quantitative estimate of drug-likeness (QED) is 0.507. The number of nitro benzene ring substituents is 1. The van der Waals surface area contributed by atoms with E-state index in [9.17, 15) is 18.5 Å². The smallest absolute Gasteiger partial charge is 0.292 e. The van der Waals surface area contributed by atoms with Crippen LogP contribution in [0.15, 0.2) is 41.3 Å². The molecule has 2 aromatic carbocycles. The van der Waals surface area contributed by atoms with Gasteiger partial charge >= 0.3 is 0 Å². The SMILES string of the molecule is CCc1cc(S(=O)(=O)N(C)c2ccc([N+](=O)[O-])c(N)c2)ccc1C. The maximum atomic E-state index is 12.8. The fraction of sp³-hybridized carbons (Fsp3) is 0.250. The molecule has 7 nitrogen and oxygen atoms in total. The van der Waals surface area contributed by atoms with Crippen molar-refractivity contribution in [2.45, 2.75) is 25.2 Å². The number of nitro groups is 1. The molecule has 2 rings (SSSR count). The molecule has 0 aromatic heterocycles. The van der Waals surface area contributed by atoms with E-state index < -0.39 is 14.9 Å². The van der Waals surface area contributed by atoms with E-state index >= 15 is 0 Å². The minimum Gasteiger partial charge on any atom is -0.393 e. The van der Waals surface area contributed by atoms with Crippen molar-refractivity contribution >= 4 is 27.1 Å². The lowest BCUT2D eigenvalue weighted by Crippen LogP contribution is -2.26. The number of rotatable bonds is 5. The van der Waals surface area contributed by atoms with E-state index in [1.807, 2.05) is 13.8 Å². The van der Waals surface area contributed by atoms with Gasteiger partial charge in [0.1, 0.15) is 5.69 Å². The van der Waals surface area contributed by atoms with Crippen LogP contribution in [0.4, 0.5) is 17.1 Å². The van der Waals surface area contributed by atoms with Crippen molar-refractivity contribution in [1.82, 2.24) is 0 Å². The summed E-state index contributed by atoms with van der Waals surface area (Å²) in [6.45, 7) is 3.88. The first-order chi connectivity index (χ1) is 11.2. The van der Waals surface area contributed by atoms with Gasteiger partial charge in [-0.05, 0) is 48.7 Å². The molecular weight excluding hydrogens is 330 g/mol. The summed E-state index contributed by atoms with van der Waals surface area (Å²) in [6, 6.07) is 8.81. The van der Waals surface area contributed by atoms with Crippen LogP contribution in [-0.4, -0.2) is 20.4 Å². The highest BCUT2D eigenvalue weighted by Gasteiger charge is 2.23. The Balaban J connectivity index is 2.46. The molecule has 0 unspecified atom stereocenters. The number of nitrogens with zero attached hydrogens (tertiary/aromatic N) is 2. The van der Waals surface area contributed by atoms with Gasteiger partial charge in [0, 0.05) is 13.1 Å². The zero-order valence-corrected chi connectivity index (χ0v) is 14.5. The molecule has 0 bridgehead atoms. The Morgan fingerprint density at radius 2 is 1.88 bits per heavy atom. The van der Waals surface area contributed by atoms with Gasteiger partial charge in [-0.2, -0.15) is 0 Å². The van der Waals surface area contributed by atoms with Crippen LogP contribution in [-0.2, 0) is 16.4 Å². The number of aryl methyl sites for hydroxylation is 2. The minimum atomic E-state index is -3.78. The van der Waals surface area contributed by atoms with Crippen LogP contribution in [0.3, 0.4) is 0 Å². The summed E-state index contributed by atoms with van der Waals surface area (Å²) in [6.07, 6.45) is 0.726. The molecule has 128 valence electrons. The predicted octanol–water partition coefficient (Wildman–Crippen LogP) is 2.87. The average Bonchev–Trinajstić information content (AvgIpc) is 2.53. The van der Waals surface area contributed by atoms with Gasteiger partial charge in [0.05, 0.1) is 15.5 Å². The number of sulfonamides is 1. The molecule has 24 heavy (non-hydrogen) atoms. The normalized spacial score (nSPS) is 11.3. The third-order valence-corrected chi connectivity index (χ3v) is 5.71. The summed E-state index contributed by atoms with van der Waals surface area (Å²) in [4.78, 5) is 10.4. The molecule has 0 atom stereocenters. The highest BCUT2D eigenvalue weighted by molar-refractivity contribution is 7.92. The Hall–Kier alpha value is -2.61. The first-order valence-electron chi connectivity index (χ1n) is 7.31. The van der Waals surface area contributed by atoms with Crippen LogP contribution in [0, 0.1) is 17.0 Å². The third kappa shape index (κ3) is 3.18.